The van der Waals surface area contributed by atoms with Crippen LogP contribution in [0.1, 0.15) is 0 Å². The van der Waals surface area contributed by atoms with Gasteiger partial charge in [0, 0.05) is 0 Å². The Labute approximate surface area is 168 Å². The number of hydrogen-bond acceptors (Lipinski definition) is 5. The molecule has 27 heavy (non-hydrogen) atoms. The summed E-state index contributed by atoms with van der Waals surface area (Å²) in [6.07, 6.45) is 0. The van der Waals surface area contributed by atoms with E-state index in [4.69, 9.17) is 11.5 Å². The SMILES string of the molecule is Nc1ccc(S(=O)(=O)Nc2ccc([As]=[As]c3ccc(O)c(N)c3)cc2)cc1. The molecular weight excluding hydrogens is 488 g/mol. The van der Waals surface area contributed by atoms with Crippen molar-refractivity contribution in [3.8, 4) is 5.75 Å². The Hall–Kier alpha value is -2.07. The summed E-state index contributed by atoms with van der Waals surface area (Å²) < 4.78 is 29.7. The minimum atomic E-state index is -3.64. The van der Waals surface area contributed by atoms with Gasteiger partial charge in [0.15, 0.2) is 0 Å². The Morgan fingerprint density at radius 1 is 0.815 bits per heavy atom. The number of phenols is 1. The standard InChI is InChI=1S/C18H17As2N3O3S/c21-14-4-8-16(9-5-14)27(25,26)23-15-6-1-12(2-7-15)19-20-13-3-10-18(24)17(22)11-13/h1-11,23-24H,21-22H2. The van der Waals surface area contributed by atoms with Crippen LogP contribution in [0.2, 0.25) is 0 Å². The van der Waals surface area contributed by atoms with Crippen molar-refractivity contribution in [1.82, 2.24) is 0 Å². The summed E-state index contributed by atoms with van der Waals surface area (Å²) in [5, 5.41) is 9.48. The number of phenolic OH excluding ortho intramolecular Hbond substituents is 1. The van der Waals surface area contributed by atoms with E-state index >= 15 is 0 Å². The van der Waals surface area contributed by atoms with Gasteiger partial charge in [-0.1, -0.05) is 0 Å². The van der Waals surface area contributed by atoms with Crippen LogP contribution >= 0.6 is 0 Å². The van der Waals surface area contributed by atoms with Crippen LogP contribution in [0.5, 0.6) is 5.75 Å². The van der Waals surface area contributed by atoms with E-state index in [9.17, 15) is 13.5 Å². The molecule has 0 radical (unpaired) electrons. The van der Waals surface area contributed by atoms with E-state index in [-0.39, 0.29) is 36.9 Å². The maximum absolute atomic E-state index is 12.4. The second kappa shape index (κ2) is 8.30. The van der Waals surface area contributed by atoms with Crippen molar-refractivity contribution < 1.29 is 13.5 Å². The third-order valence-corrected chi connectivity index (χ3v) is 13.5. The summed E-state index contributed by atoms with van der Waals surface area (Å²) in [4.78, 5) is 0.169. The monoisotopic (exact) mass is 505 g/mol. The van der Waals surface area contributed by atoms with Crippen LogP contribution in [0.3, 0.4) is 0 Å². The van der Waals surface area contributed by atoms with Crippen LogP contribution in [0.25, 0.3) is 0 Å². The van der Waals surface area contributed by atoms with Gasteiger partial charge in [0.05, 0.1) is 0 Å². The van der Waals surface area contributed by atoms with Crippen LogP contribution in [-0.4, -0.2) is 39.8 Å². The number of nitrogens with one attached hydrogen (secondary N) is 1. The second-order valence-corrected chi connectivity index (χ2v) is 14.7. The molecule has 0 fully saturated rings. The summed E-state index contributed by atoms with van der Waals surface area (Å²) in [7, 11) is -3.64. The quantitative estimate of drug-likeness (QED) is 0.231. The molecule has 3 rings (SSSR count). The maximum atomic E-state index is 12.4. The average Bonchev–Trinajstić information content (AvgIpc) is 2.64. The molecule has 0 aliphatic carbocycles. The van der Waals surface area contributed by atoms with Crippen molar-refractivity contribution in [3.05, 3.63) is 66.7 Å². The van der Waals surface area contributed by atoms with Gasteiger partial charge in [0.25, 0.3) is 0 Å². The van der Waals surface area contributed by atoms with Gasteiger partial charge in [-0.3, -0.25) is 0 Å². The van der Waals surface area contributed by atoms with Gasteiger partial charge < -0.3 is 0 Å². The first-order valence-electron chi connectivity index (χ1n) is 7.82. The third-order valence-electron chi connectivity index (χ3n) is 3.60. The topological polar surface area (TPSA) is 118 Å². The van der Waals surface area contributed by atoms with E-state index in [1.807, 2.05) is 24.3 Å². The zero-order valence-corrected chi connectivity index (χ0v) is 18.6. The fourth-order valence-electron chi connectivity index (χ4n) is 2.18. The van der Waals surface area contributed by atoms with Gasteiger partial charge in [-0.2, -0.15) is 0 Å². The van der Waals surface area contributed by atoms with E-state index in [1.165, 1.54) is 16.5 Å². The second-order valence-electron chi connectivity index (χ2n) is 5.66. The molecule has 3 aromatic rings. The molecule has 0 aromatic heterocycles. The van der Waals surface area contributed by atoms with Gasteiger partial charge in [0.2, 0.25) is 0 Å². The van der Waals surface area contributed by atoms with Gasteiger partial charge in [-0.05, 0) is 0 Å². The predicted molar refractivity (Wildman–Crippen MR) is 111 cm³/mol. The molecule has 0 bridgehead atoms. The molecule has 6 nitrogen and oxygen atoms in total. The van der Waals surface area contributed by atoms with Crippen LogP contribution in [-0.2, 0) is 10.0 Å². The molecule has 0 amide bonds. The molecule has 0 unspecified atom stereocenters. The average molecular weight is 505 g/mol. The summed E-state index contributed by atoms with van der Waals surface area (Å²) in [5.74, 6) is 0.105. The number of benzene rings is 3. The van der Waals surface area contributed by atoms with Crippen LogP contribution in [0, 0.1) is 0 Å². The number of sulfonamides is 1. The molecule has 0 atom stereocenters. The molecule has 0 spiro atoms. The molecule has 0 heterocycles. The molecular formula is C18H17As2N3O3S. The molecule has 3 aromatic carbocycles. The molecule has 0 saturated carbocycles. The van der Waals surface area contributed by atoms with Crippen LogP contribution in [0.15, 0.2) is 71.6 Å². The van der Waals surface area contributed by atoms with Crippen molar-refractivity contribution in [1.29, 1.82) is 0 Å². The first-order chi connectivity index (χ1) is 12.8. The zero-order valence-electron chi connectivity index (χ0n) is 14.1. The first kappa shape index (κ1) is 19.7. The van der Waals surface area contributed by atoms with E-state index in [2.05, 4.69) is 4.72 Å². The third kappa shape index (κ3) is 5.22. The van der Waals surface area contributed by atoms with Crippen molar-refractivity contribution in [2.45, 2.75) is 4.90 Å². The van der Waals surface area contributed by atoms with E-state index in [1.54, 1.807) is 30.3 Å². The van der Waals surface area contributed by atoms with E-state index < -0.39 is 10.0 Å². The summed E-state index contributed by atoms with van der Waals surface area (Å²) in [5.41, 5.74) is 12.8. The van der Waals surface area contributed by atoms with Gasteiger partial charge in [0.1, 0.15) is 0 Å². The summed E-state index contributed by atoms with van der Waals surface area (Å²) >= 11 is -0.0955. The van der Waals surface area contributed by atoms with Crippen LogP contribution < -0.4 is 24.9 Å². The van der Waals surface area contributed by atoms with E-state index in [0.717, 1.165) is 4.35 Å². The number of anilines is 3. The molecule has 0 aliphatic heterocycles. The number of hydrogen-bond donors (Lipinski definition) is 4. The molecule has 138 valence electrons. The number of nitrogen functional groups attached to an aromatic ring is 2. The van der Waals surface area contributed by atoms with Gasteiger partial charge >= 0.3 is 169 Å². The fraction of sp³-hybridized carbons (Fsp3) is 0. The van der Waals surface area contributed by atoms with Crippen molar-refractivity contribution >= 4 is 62.1 Å². The van der Waals surface area contributed by atoms with Crippen LogP contribution in [0.4, 0.5) is 17.1 Å². The van der Waals surface area contributed by atoms with Crippen molar-refractivity contribution in [3.63, 3.8) is 0 Å². The summed E-state index contributed by atoms with van der Waals surface area (Å²) in [6, 6.07) is 18.8. The number of nitrogens with two attached hydrogens (primary N) is 2. The fourth-order valence-corrected chi connectivity index (χ4v) is 10.3. The van der Waals surface area contributed by atoms with Gasteiger partial charge in [-0.25, -0.2) is 0 Å². The van der Waals surface area contributed by atoms with Crippen molar-refractivity contribution in [2.75, 3.05) is 16.2 Å². The Morgan fingerprint density at radius 2 is 1.41 bits per heavy atom. The number of aromatic hydroxyl groups is 1. The number of rotatable bonds is 5. The van der Waals surface area contributed by atoms with Crippen molar-refractivity contribution in [2.24, 2.45) is 0 Å². The Bertz CT molecular complexity index is 1080. The zero-order chi connectivity index (χ0) is 19.4. The predicted octanol–water partition coefficient (Wildman–Crippen LogP) is 0.632. The molecule has 0 saturated heterocycles. The summed E-state index contributed by atoms with van der Waals surface area (Å²) in [6.45, 7) is 0. The molecule has 9 heteroatoms. The molecule has 0 aliphatic rings. The van der Waals surface area contributed by atoms with Gasteiger partial charge in [-0.15, -0.1) is 0 Å². The molecule has 6 N–H and O–H groups in total. The van der Waals surface area contributed by atoms with E-state index in [0.29, 0.717) is 17.1 Å². The Kier molecular flexibility index (Phi) is 6.05. The first-order valence-corrected chi connectivity index (χ1v) is 16.4. The Balaban J connectivity index is 1.72. The Morgan fingerprint density at radius 3 is 2.04 bits per heavy atom. The minimum absolute atomic E-state index is 0.0461. The normalized spacial score (nSPS) is 11.6.